The zero-order valence-corrected chi connectivity index (χ0v) is 15.4. The molecule has 3 N–H and O–H groups in total. The summed E-state index contributed by atoms with van der Waals surface area (Å²) >= 11 is 0. The van der Waals surface area contributed by atoms with Crippen LogP contribution in [0.4, 0.5) is 5.69 Å². The summed E-state index contributed by atoms with van der Waals surface area (Å²) in [7, 11) is 0. The van der Waals surface area contributed by atoms with Crippen molar-refractivity contribution in [3.05, 3.63) is 64.1 Å². The fraction of sp³-hybridized carbons (Fsp3) is 0.333. The topological polar surface area (TPSA) is 93.3 Å². The summed E-state index contributed by atoms with van der Waals surface area (Å²) in [6.45, 7) is 5.04. The third-order valence-corrected chi connectivity index (χ3v) is 5.09. The van der Waals surface area contributed by atoms with Crippen LogP contribution in [0, 0.1) is 0 Å². The van der Waals surface area contributed by atoms with Crippen molar-refractivity contribution >= 4 is 24.0 Å². The lowest BCUT2D eigenvalue weighted by molar-refractivity contribution is -0.132. The summed E-state index contributed by atoms with van der Waals surface area (Å²) in [5.74, 6) is 0.445. The van der Waals surface area contributed by atoms with Crippen molar-refractivity contribution in [2.75, 3.05) is 18.8 Å². The van der Waals surface area contributed by atoms with E-state index in [4.69, 9.17) is 5.73 Å². The molecule has 1 aliphatic rings. The minimum atomic E-state index is -0.313. The number of piperidine rings is 1. The molecule has 140 valence electrons. The summed E-state index contributed by atoms with van der Waals surface area (Å²) in [6, 6.07) is 11.9. The van der Waals surface area contributed by atoms with Crippen LogP contribution in [0.5, 0.6) is 0 Å². The molecule has 6 nitrogen and oxygen atoms in total. The second kappa shape index (κ2) is 8.52. The van der Waals surface area contributed by atoms with Crippen LogP contribution >= 0.6 is 0 Å². The Bertz CT molecular complexity index is 913. The quantitative estimate of drug-likeness (QED) is 0.624. The van der Waals surface area contributed by atoms with E-state index in [9.17, 15) is 9.59 Å². The number of aromatic nitrogens is 1. The van der Waals surface area contributed by atoms with Gasteiger partial charge in [0.1, 0.15) is 5.56 Å². The number of hydrogen-bond acceptors (Lipinski definition) is 3. The van der Waals surface area contributed by atoms with Crippen molar-refractivity contribution in [2.24, 2.45) is 0 Å². The number of amides is 1. The van der Waals surface area contributed by atoms with Gasteiger partial charge < -0.3 is 15.6 Å². The van der Waals surface area contributed by atoms with Crippen LogP contribution in [-0.2, 0) is 4.79 Å². The number of rotatable bonds is 5. The second-order valence-corrected chi connectivity index (χ2v) is 6.83. The molecule has 2 heterocycles. The highest BCUT2D eigenvalue weighted by Gasteiger charge is 2.27. The molecule has 1 aliphatic heterocycles. The first-order valence-corrected chi connectivity index (χ1v) is 9.23. The van der Waals surface area contributed by atoms with Gasteiger partial charge in [-0.05, 0) is 24.5 Å². The van der Waals surface area contributed by atoms with Crippen LogP contribution < -0.4 is 16.0 Å². The number of carbonyl (C=O) groups excluding carboxylic acids is 1. The van der Waals surface area contributed by atoms with Gasteiger partial charge in [-0.15, -0.1) is 4.67 Å². The molecule has 0 spiro atoms. The van der Waals surface area contributed by atoms with E-state index in [-0.39, 0.29) is 17.9 Å². The van der Waals surface area contributed by atoms with Gasteiger partial charge in [0.05, 0.1) is 12.1 Å². The first-order chi connectivity index (χ1) is 13.1. The molecule has 0 aliphatic carbocycles. The number of pyridine rings is 1. The van der Waals surface area contributed by atoms with Crippen LogP contribution in [0.25, 0.3) is 0 Å². The normalized spacial score (nSPS) is 16.6. The first kappa shape index (κ1) is 18.7. The molecule has 1 atom stereocenters. The predicted octanol–water partition coefficient (Wildman–Crippen LogP) is 1.70. The van der Waals surface area contributed by atoms with E-state index in [0.717, 1.165) is 25.9 Å². The number of carbonyl (C=O) groups is 1. The number of nitrogens with two attached hydrogens (primary N) is 1. The number of nitrogens with one attached hydrogen (secondary N) is 1. The Balaban J connectivity index is 1.65. The second-order valence-electron chi connectivity index (χ2n) is 6.83. The number of hydrogen-bond donors (Lipinski definition) is 2. The van der Waals surface area contributed by atoms with E-state index < -0.39 is 0 Å². The van der Waals surface area contributed by atoms with Crippen LogP contribution in [0.15, 0.2) is 47.4 Å². The molecule has 2 aromatic rings. The number of nitrogens with zero attached hydrogens (tertiary/aromatic N) is 2. The Kier molecular flexibility index (Phi) is 5.89. The van der Waals surface area contributed by atoms with Gasteiger partial charge >= 0.3 is 5.71 Å². The SMILES string of the molecule is C=[N+]=C(CCC(=O)N1CCCC(c2ccccc2)C1)c1c(N)cc[nH]c1=O. The van der Waals surface area contributed by atoms with Gasteiger partial charge in [-0.2, -0.15) is 0 Å². The van der Waals surface area contributed by atoms with Crippen LogP contribution in [0.3, 0.4) is 0 Å². The van der Waals surface area contributed by atoms with Crippen molar-refractivity contribution in [2.45, 2.75) is 31.6 Å². The van der Waals surface area contributed by atoms with E-state index >= 15 is 0 Å². The van der Waals surface area contributed by atoms with Crippen LogP contribution in [0.1, 0.15) is 42.7 Å². The van der Waals surface area contributed by atoms with E-state index in [1.54, 1.807) is 6.07 Å². The Morgan fingerprint density at radius 2 is 2.04 bits per heavy atom. The Labute approximate surface area is 158 Å². The lowest BCUT2D eigenvalue weighted by Gasteiger charge is -2.33. The lowest BCUT2D eigenvalue weighted by atomic mass is 9.90. The largest absolute Gasteiger partial charge is 0.398 e. The highest BCUT2D eigenvalue weighted by Crippen LogP contribution is 2.27. The van der Waals surface area contributed by atoms with Gasteiger partial charge in [0.2, 0.25) is 5.91 Å². The molecule has 1 amide bonds. The van der Waals surface area contributed by atoms with Crippen LogP contribution in [0.2, 0.25) is 0 Å². The maximum absolute atomic E-state index is 12.7. The molecule has 0 radical (unpaired) electrons. The van der Waals surface area contributed by atoms with Gasteiger partial charge in [-0.1, -0.05) is 30.3 Å². The number of nitrogen functional groups attached to an aromatic ring is 1. The standard InChI is InChI=1S/C21H24N4O2/c1-23-18(20-17(22)11-12-24-21(20)27)9-10-19(26)25-13-5-8-16(14-25)15-6-3-2-4-7-15/h2-4,6-7,11-12,16H,1,5,8-10,13-14H2,(H2,22,24,27)/p+1. The van der Waals surface area contributed by atoms with Gasteiger partial charge in [-0.3, -0.25) is 9.59 Å². The Hall–Kier alpha value is -3.11. The zero-order chi connectivity index (χ0) is 19.2. The Morgan fingerprint density at radius 1 is 1.26 bits per heavy atom. The number of H-pyrrole nitrogens is 1. The zero-order valence-electron chi connectivity index (χ0n) is 15.4. The molecule has 3 rings (SSSR count). The van der Waals surface area contributed by atoms with Crippen molar-refractivity contribution in [3.8, 4) is 0 Å². The molecule has 1 aromatic heterocycles. The summed E-state index contributed by atoms with van der Waals surface area (Å²) in [5, 5.41) is 0. The molecule has 27 heavy (non-hydrogen) atoms. The number of benzene rings is 1. The molecule has 0 bridgehead atoms. The fourth-order valence-electron chi connectivity index (χ4n) is 3.66. The average molecular weight is 365 g/mol. The highest BCUT2D eigenvalue weighted by atomic mass is 16.2. The smallest absolute Gasteiger partial charge is 0.318 e. The molecule has 0 saturated carbocycles. The lowest BCUT2D eigenvalue weighted by Crippen LogP contribution is -2.39. The van der Waals surface area contributed by atoms with E-state index in [2.05, 4.69) is 28.5 Å². The number of likely N-dealkylation sites (tertiary alicyclic amines) is 1. The van der Waals surface area contributed by atoms with Crippen molar-refractivity contribution < 1.29 is 4.79 Å². The molecule has 1 aromatic carbocycles. The summed E-state index contributed by atoms with van der Waals surface area (Å²) in [4.78, 5) is 29.3. The fourth-order valence-corrected chi connectivity index (χ4v) is 3.66. The predicted molar refractivity (Wildman–Crippen MR) is 109 cm³/mol. The maximum Gasteiger partial charge on any atom is 0.318 e. The van der Waals surface area contributed by atoms with Crippen molar-refractivity contribution in [1.82, 2.24) is 14.6 Å². The number of aromatic amines is 1. The first-order valence-electron chi connectivity index (χ1n) is 9.23. The summed E-state index contributed by atoms with van der Waals surface area (Å²) in [5.41, 5.74) is 7.98. The van der Waals surface area contributed by atoms with Crippen molar-refractivity contribution in [1.29, 1.82) is 0 Å². The highest BCUT2D eigenvalue weighted by molar-refractivity contribution is 6.05. The molecule has 1 unspecified atom stereocenters. The van der Waals surface area contributed by atoms with Crippen molar-refractivity contribution in [3.63, 3.8) is 0 Å². The van der Waals surface area contributed by atoms with Crippen LogP contribution in [-0.4, -0.2) is 41.3 Å². The van der Waals surface area contributed by atoms with Gasteiger partial charge in [0.25, 0.3) is 12.3 Å². The van der Waals surface area contributed by atoms with Gasteiger partial charge in [0, 0.05) is 31.6 Å². The minimum absolute atomic E-state index is 0.0720. The number of anilines is 1. The molecular weight excluding hydrogens is 340 g/mol. The minimum Gasteiger partial charge on any atom is -0.398 e. The van der Waals surface area contributed by atoms with Gasteiger partial charge in [0.15, 0.2) is 0 Å². The van der Waals surface area contributed by atoms with Gasteiger partial charge in [-0.25, -0.2) is 0 Å². The van der Waals surface area contributed by atoms with E-state index in [0.29, 0.717) is 29.3 Å². The maximum atomic E-state index is 12.7. The molecule has 1 fully saturated rings. The Morgan fingerprint density at radius 3 is 2.74 bits per heavy atom. The third-order valence-electron chi connectivity index (χ3n) is 5.09. The average Bonchev–Trinajstić information content (AvgIpc) is 2.70. The monoisotopic (exact) mass is 365 g/mol. The molecule has 1 saturated heterocycles. The summed E-state index contributed by atoms with van der Waals surface area (Å²) in [6.07, 6.45) is 4.20. The molecule has 6 heteroatoms. The molecular formula is C21H25N4O2+. The van der Waals surface area contributed by atoms with E-state index in [1.807, 2.05) is 23.1 Å². The summed E-state index contributed by atoms with van der Waals surface area (Å²) < 4.78 is 3.96. The van der Waals surface area contributed by atoms with E-state index in [1.165, 1.54) is 11.8 Å². The third kappa shape index (κ3) is 4.36.